The van der Waals surface area contributed by atoms with E-state index in [-0.39, 0.29) is 0 Å². The van der Waals surface area contributed by atoms with Gasteiger partial charge in [0.05, 0.1) is 11.4 Å². The summed E-state index contributed by atoms with van der Waals surface area (Å²) in [6, 6.07) is 4.49. The lowest BCUT2D eigenvalue weighted by molar-refractivity contribution is -0.190. The number of nitrogens with zero attached hydrogens (tertiary/aromatic N) is 3. The van der Waals surface area contributed by atoms with Gasteiger partial charge in [-0.05, 0) is 58.6 Å². The Kier molecular flexibility index (Phi) is 5.59. The summed E-state index contributed by atoms with van der Waals surface area (Å²) in [6.45, 7) is 5.91. The molecule has 1 aromatic rings. The van der Waals surface area contributed by atoms with Crippen LogP contribution >= 0.6 is 0 Å². The van der Waals surface area contributed by atoms with E-state index in [0.717, 1.165) is 34.9 Å². The number of hydrogen-bond donors (Lipinski definition) is 2. The number of nitrogens with one attached hydrogen (secondary N) is 2. The molecule has 3 aliphatic rings. The standard InChI is InChI=1S/C21H30F3N5O/c1-12-10-28(11-13(2)29(12)20(30)21(22,23)24)19-7-6-18(14(3)25-19)27-17-8-15-4-5-16(9-17)26-15/h6-7,12-13,15-17,26-27H,4-5,8-11H2,1-3H3. The highest BCUT2D eigenvalue weighted by Gasteiger charge is 2.47. The predicted molar refractivity (Wildman–Crippen MR) is 110 cm³/mol. The van der Waals surface area contributed by atoms with Gasteiger partial charge in [0.1, 0.15) is 5.82 Å². The van der Waals surface area contributed by atoms with Crippen molar-refractivity contribution in [3.8, 4) is 0 Å². The number of piperazine rings is 1. The molecule has 1 aromatic heterocycles. The minimum Gasteiger partial charge on any atom is -0.381 e. The molecule has 6 nitrogen and oxygen atoms in total. The summed E-state index contributed by atoms with van der Waals surface area (Å²) in [5.74, 6) is -1.02. The molecule has 2 N–H and O–H groups in total. The highest BCUT2D eigenvalue weighted by atomic mass is 19.4. The van der Waals surface area contributed by atoms with Gasteiger partial charge >= 0.3 is 12.1 Å². The van der Waals surface area contributed by atoms with Crippen LogP contribution in [0, 0.1) is 6.92 Å². The third kappa shape index (κ3) is 4.22. The fourth-order valence-electron chi connectivity index (χ4n) is 5.33. The molecule has 30 heavy (non-hydrogen) atoms. The van der Waals surface area contributed by atoms with Gasteiger partial charge in [-0.25, -0.2) is 4.98 Å². The molecule has 4 rings (SSSR count). The summed E-state index contributed by atoms with van der Waals surface area (Å²) in [6.07, 6.45) is -0.124. The largest absolute Gasteiger partial charge is 0.471 e. The molecular formula is C21H30F3N5O. The van der Waals surface area contributed by atoms with Gasteiger partial charge in [-0.3, -0.25) is 4.79 Å². The molecule has 9 heteroatoms. The zero-order valence-electron chi connectivity index (χ0n) is 17.7. The van der Waals surface area contributed by atoms with Gasteiger partial charge in [-0.1, -0.05) is 0 Å². The topological polar surface area (TPSA) is 60.5 Å². The second-order valence-electron chi connectivity index (χ2n) is 9.07. The number of aromatic nitrogens is 1. The molecule has 4 atom stereocenters. The highest BCUT2D eigenvalue weighted by molar-refractivity contribution is 5.82. The number of alkyl halides is 3. The van der Waals surface area contributed by atoms with Crippen molar-refractivity contribution in [1.29, 1.82) is 0 Å². The number of carbonyl (C=O) groups is 1. The van der Waals surface area contributed by atoms with Crippen LogP contribution in [0.2, 0.25) is 0 Å². The maximum Gasteiger partial charge on any atom is 0.471 e. The summed E-state index contributed by atoms with van der Waals surface area (Å²) < 4.78 is 38.7. The number of hydrogen-bond acceptors (Lipinski definition) is 5. The van der Waals surface area contributed by atoms with Crippen LogP contribution in [0.15, 0.2) is 12.1 Å². The third-order valence-corrected chi connectivity index (χ3v) is 6.62. The summed E-state index contributed by atoms with van der Waals surface area (Å²) >= 11 is 0. The fraction of sp³-hybridized carbons (Fsp3) is 0.714. The summed E-state index contributed by atoms with van der Waals surface area (Å²) in [7, 11) is 0. The van der Waals surface area contributed by atoms with Crippen LogP contribution in [0.1, 0.15) is 45.2 Å². The molecule has 166 valence electrons. The van der Waals surface area contributed by atoms with Crippen molar-refractivity contribution >= 4 is 17.4 Å². The van der Waals surface area contributed by atoms with Gasteiger partial charge in [0.25, 0.3) is 0 Å². The number of carbonyl (C=O) groups excluding carboxylic acids is 1. The minimum atomic E-state index is -4.85. The number of aryl methyl sites for hydroxylation is 1. The average molecular weight is 425 g/mol. The Bertz CT molecular complexity index is 777. The SMILES string of the molecule is Cc1nc(N2CC(C)N(C(=O)C(F)(F)F)C(C)C2)ccc1NC1CC2CCC(C1)N2. The molecule has 3 fully saturated rings. The molecule has 4 unspecified atom stereocenters. The molecule has 0 aromatic carbocycles. The van der Waals surface area contributed by atoms with Crippen LogP contribution in [-0.4, -0.2) is 65.3 Å². The zero-order chi connectivity index (χ0) is 21.6. The Hall–Kier alpha value is -2.03. The third-order valence-electron chi connectivity index (χ3n) is 6.62. The maximum absolute atomic E-state index is 12.9. The first kappa shape index (κ1) is 21.2. The van der Waals surface area contributed by atoms with Gasteiger partial charge in [0, 0.05) is 43.3 Å². The first-order valence-electron chi connectivity index (χ1n) is 10.8. The molecular weight excluding hydrogens is 395 g/mol. The lowest BCUT2D eigenvalue weighted by atomic mass is 9.99. The fourth-order valence-corrected chi connectivity index (χ4v) is 5.33. The van der Waals surface area contributed by atoms with E-state index in [0.29, 0.717) is 31.2 Å². The van der Waals surface area contributed by atoms with Crippen LogP contribution in [0.4, 0.5) is 24.7 Å². The zero-order valence-corrected chi connectivity index (χ0v) is 17.7. The summed E-state index contributed by atoms with van der Waals surface area (Å²) in [4.78, 5) is 19.4. The van der Waals surface area contributed by atoms with E-state index in [1.165, 1.54) is 12.8 Å². The van der Waals surface area contributed by atoms with Crippen molar-refractivity contribution in [1.82, 2.24) is 15.2 Å². The molecule has 3 aliphatic heterocycles. The Morgan fingerprint density at radius 2 is 1.73 bits per heavy atom. The van der Waals surface area contributed by atoms with Gasteiger partial charge in [0.15, 0.2) is 0 Å². The number of amides is 1. The molecule has 0 spiro atoms. The first-order chi connectivity index (χ1) is 14.1. The average Bonchev–Trinajstić information content (AvgIpc) is 3.00. The van der Waals surface area contributed by atoms with E-state index in [9.17, 15) is 18.0 Å². The van der Waals surface area contributed by atoms with E-state index >= 15 is 0 Å². The van der Waals surface area contributed by atoms with Crippen LogP contribution in [0.3, 0.4) is 0 Å². The van der Waals surface area contributed by atoms with Crippen molar-refractivity contribution in [3.05, 3.63) is 17.8 Å². The van der Waals surface area contributed by atoms with Gasteiger partial charge in [-0.15, -0.1) is 0 Å². The monoisotopic (exact) mass is 425 g/mol. The molecule has 0 radical (unpaired) electrons. The normalized spacial score (nSPS) is 31.7. The number of halogens is 3. The molecule has 0 saturated carbocycles. The maximum atomic E-state index is 12.9. The lowest BCUT2D eigenvalue weighted by Crippen LogP contribution is -2.61. The minimum absolute atomic E-state index is 0.322. The van der Waals surface area contributed by atoms with Crippen LogP contribution < -0.4 is 15.5 Å². The van der Waals surface area contributed by atoms with Gasteiger partial charge in [-0.2, -0.15) is 13.2 Å². The van der Waals surface area contributed by atoms with Crippen LogP contribution in [0.5, 0.6) is 0 Å². The Morgan fingerprint density at radius 1 is 1.13 bits per heavy atom. The van der Waals surface area contributed by atoms with Crippen molar-refractivity contribution in [2.24, 2.45) is 0 Å². The van der Waals surface area contributed by atoms with E-state index < -0.39 is 24.2 Å². The molecule has 3 saturated heterocycles. The van der Waals surface area contributed by atoms with Crippen LogP contribution in [0.25, 0.3) is 0 Å². The summed E-state index contributed by atoms with van der Waals surface area (Å²) in [5.41, 5.74) is 1.89. The number of anilines is 2. The Morgan fingerprint density at radius 3 is 2.27 bits per heavy atom. The number of pyridine rings is 1. The van der Waals surface area contributed by atoms with Crippen molar-refractivity contribution in [2.45, 2.75) is 82.8 Å². The van der Waals surface area contributed by atoms with E-state index in [4.69, 9.17) is 4.98 Å². The quantitative estimate of drug-likeness (QED) is 0.780. The molecule has 2 bridgehead atoms. The summed E-state index contributed by atoms with van der Waals surface area (Å²) in [5, 5.41) is 7.28. The van der Waals surface area contributed by atoms with Crippen molar-refractivity contribution in [3.63, 3.8) is 0 Å². The molecule has 0 aliphatic carbocycles. The van der Waals surface area contributed by atoms with E-state index in [1.807, 2.05) is 24.0 Å². The van der Waals surface area contributed by atoms with Gasteiger partial charge < -0.3 is 20.4 Å². The number of piperidine rings is 1. The predicted octanol–water partition coefficient (Wildman–Crippen LogP) is 3.07. The number of rotatable bonds is 3. The van der Waals surface area contributed by atoms with Crippen molar-refractivity contribution < 1.29 is 18.0 Å². The van der Waals surface area contributed by atoms with Crippen LogP contribution in [-0.2, 0) is 4.79 Å². The second kappa shape index (κ2) is 7.90. The van der Waals surface area contributed by atoms with E-state index in [2.05, 4.69) is 10.6 Å². The lowest BCUT2D eigenvalue weighted by Gasteiger charge is -2.45. The molecule has 4 heterocycles. The Balaban J connectivity index is 1.42. The van der Waals surface area contributed by atoms with Crippen molar-refractivity contribution in [2.75, 3.05) is 23.3 Å². The number of fused-ring (bicyclic) bond motifs is 2. The second-order valence-corrected chi connectivity index (χ2v) is 9.07. The van der Waals surface area contributed by atoms with E-state index in [1.54, 1.807) is 13.8 Å². The smallest absolute Gasteiger partial charge is 0.381 e. The Labute approximate surface area is 175 Å². The highest BCUT2D eigenvalue weighted by Crippen LogP contribution is 2.31. The van der Waals surface area contributed by atoms with Gasteiger partial charge in [0.2, 0.25) is 0 Å². The molecule has 1 amide bonds. The first-order valence-corrected chi connectivity index (χ1v) is 10.8.